The number of aromatic nitrogens is 1. The van der Waals surface area contributed by atoms with Gasteiger partial charge in [0, 0.05) is 18.8 Å². The molecular formula is C14H16N4O3. The molecular weight excluding hydrogens is 272 g/mol. The minimum absolute atomic E-state index is 0.121. The summed E-state index contributed by atoms with van der Waals surface area (Å²) in [7, 11) is 0. The minimum atomic E-state index is -0.798. The van der Waals surface area contributed by atoms with E-state index in [1.807, 2.05) is 31.0 Å². The lowest BCUT2D eigenvalue weighted by molar-refractivity contribution is 0.0703. The molecule has 2 N–H and O–H groups in total. The number of fused-ring (bicyclic) bond motifs is 4. The molecule has 0 radical (unpaired) electrons. The molecule has 2 aliphatic rings. The van der Waals surface area contributed by atoms with Crippen molar-refractivity contribution in [2.45, 2.75) is 19.4 Å². The third-order valence-electron chi connectivity index (χ3n) is 3.88. The van der Waals surface area contributed by atoms with Crippen LogP contribution >= 0.6 is 0 Å². The van der Waals surface area contributed by atoms with Gasteiger partial charge in [-0.15, -0.1) is 0 Å². The Morgan fingerprint density at radius 3 is 2.71 bits per heavy atom. The second kappa shape index (κ2) is 4.21. The maximum atomic E-state index is 12.4. The van der Waals surface area contributed by atoms with Gasteiger partial charge in [-0.25, -0.2) is 0 Å². The van der Waals surface area contributed by atoms with Crippen LogP contribution in [0.4, 0.5) is 0 Å². The summed E-state index contributed by atoms with van der Waals surface area (Å²) in [5, 5.41) is 1.92. The molecule has 1 aromatic rings. The molecule has 7 nitrogen and oxygen atoms in total. The molecule has 0 fully saturated rings. The lowest BCUT2D eigenvalue weighted by Crippen LogP contribution is -2.60. The van der Waals surface area contributed by atoms with Gasteiger partial charge in [-0.3, -0.25) is 24.1 Å². The summed E-state index contributed by atoms with van der Waals surface area (Å²) >= 11 is 0. The van der Waals surface area contributed by atoms with Crippen molar-refractivity contribution in [3.8, 4) is 0 Å². The van der Waals surface area contributed by atoms with Crippen LogP contribution in [0.1, 0.15) is 34.7 Å². The largest absolute Gasteiger partial charge is 0.365 e. The molecule has 0 spiro atoms. The number of primary amides is 1. The standard InChI is InChI=1S/C14H16N4O3/c1-14(2)4-3-5-16-8-18(14)17-7-9(12(15)20)11(19)6-10(17)13(16)21/h3-4,6-7H,5,8H2,1-2H3,(H2,15,20). The van der Waals surface area contributed by atoms with Crippen LogP contribution in [0.5, 0.6) is 0 Å². The second-order valence-corrected chi connectivity index (χ2v) is 5.77. The van der Waals surface area contributed by atoms with Crippen LogP contribution in [0.15, 0.2) is 29.2 Å². The number of carbonyl (C=O) groups excluding carboxylic acids is 2. The molecule has 0 aliphatic carbocycles. The number of hydrogen-bond acceptors (Lipinski definition) is 4. The van der Waals surface area contributed by atoms with Crippen molar-refractivity contribution in [1.82, 2.24) is 9.58 Å². The molecule has 0 saturated heterocycles. The number of rotatable bonds is 1. The first-order valence-electron chi connectivity index (χ1n) is 6.63. The maximum absolute atomic E-state index is 12.4. The zero-order valence-electron chi connectivity index (χ0n) is 11.9. The van der Waals surface area contributed by atoms with Crippen molar-refractivity contribution in [3.05, 3.63) is 45.9 Å². The molecule has 21 heavy (non-hydrogen) atoms. The highest BCUT2D eigenvalue weighted by Crippen LogP contribution is 2.24. The van der Waals surface area contributed by atoms with Crippen molar-refractivity contribution in [2.75, 3.05) is 18.2 Å². The number of carbonyl (C=O) groups is 2. The van der Waals surface area contributed by atoms with Gasteiger partial charge in [0.25, 0.3) is 11.8 Å². The van der Waals surface area contributed by atoms with E-state index in [-0.39, 0.29) is 22.7 Å². The molecule has 110 valence electrons. The summed E-state index contributed by atoms with van der Waals surface area (Å²) in [4.78, 5) is 37.4. The van der Waals surface area contributed by atoms with E-state index in [0.717, 1.165) is 0 Å². The van der Waals surface area contributed by atoms with E-state index < -0.39 is 11.3 Å². The van der Waals surface area contributed by atoms with E-state index in [1.165, 1.54) is 12.3 Å². The lowest BCUT2D eigenvalue weighted by atomic mass is 10.0. The zero-order valence-corrected chi connectivity index (χ0v) is 11.9. The molecule has 2 amide bonds. The van der Waals surface area contributed by atoms with Gasteiger partial charge in [0.1, 0.15) is 17.9 Å². The van der Waals surface area contributed by atoms with Crippen molar-refractivity contribution in [2.24, 2.45) is 5.73 Å². The topological polar surface area (TPSA) is 88.6 Å². The number of amides is 2. The highest BCUT2D eigenvalue weighted by molar-refractivity contribution is 5.96. The minimum Gasteiger partial charge on any atom is -0.365 e. The van der Waals surface area contributed by atoms with Gasteiger partial charge in [0.2, 0.25) is 0 Å². The maximum Gasteiger partial charge on any atom is 0.274 e. The number of nitrogens with zero attached hydrogens (tertiary/aromatic N) is 3. The fraction of sp³-hybridized carbons (Fsp3) is 0.357. The third-order valence-corrected chi connectivity index (χ3v) is 3.88. The van der Waals surface area contributed by atoms with Crippen LogP contribution in [0, 0.1) is 0 Å². The number of nitrogens with two attached hydrogens (primary N) is 1. The van der Waals surface area contributed by atoms with Gasteiger partial charge in [0.15, 0.2) is 5.43 Å². The highest BCUT2D eigenvalue weighted by atomic mass is 16.2. The molecule has 2 aliphatic heterocycles. The van der Waals surface area contributed by atoms with Gasteiger partial charge in [-0.05, 0) is 13.8 Å². The Hall–Kier alpha value is -2.57. The average molecular weight is 288 g/mol. The molecule has 3 heterocycles. The van der Waals surface area contributed by atoms with E-state index in [9.17, 15) is 14.4 Å². The Labute approximate surface area is 121 Å². The Bertz CT molecular complexity index is 732. The average Bonchev–Trinajstić information content (AvgIpc) is 2.53. The van der Waals surface area contributed by atoms with Crippen molar-refractivity contribution in [3.63, 3.8) is 0 Å². The Kier molecular flexibility index (Phi) is 2.69. The van der Waals surface area contributed by atoms with Crippen LogP contribution in [-0.2, 0) is 0 Å². The molecule has 7 heteroatoms. The molecule has 0 saturated carbocycles. The van der Waals surface area contributed by atoms with Gasteiger partial charge in [0.05, 0.1) is 5.54 Å². The zero-order chi connectivity index (χ0) is 15.4. The summed E-state index contributed by atoms with van der Waals surface area (Å²) in [5.41, 5.74) is 4.45. The van der Waals surface area contributed by atoms with E-state index in [4.69, 9.17) is 5.73 Å². The monoisotopic (exact) mass is 288 g/mol. The Morgan fingerprint density at radius 2 is 2.05 bits per heavy atom. The first kappa shape index (κ1) is 13.4. The van der Waals surface area contributed by atoms with Gasteiger partial charge < -0.3 is 10.6 Å². The SMILES string of the molecule is CC1(C)C=CCN2CN1n1cc(C(N)=O)c(=O)cc1C2=O. The van der Waals surface area contributed by atoms with E-state index >= 15 is 0 Å². The molecule has 0 atom stereocenters. The lowest BCUT2D eigenvalue weighted by Gasteiger charge is -2.44. The summed E-state index contributed by atoms with van der Waals surface area (Å²) < 4.78 is 1.57. The quantitative estimate of drug-likeness (QED) is 0.715. The molecule has 0 aromatic carbocycles. The van der Waals surface area contributed by atoms with E-state index in [0.29, 0.717) is 13.2 Å². The summed E-state index contributed by atoms with van der Waals surface area (Å²) in [6.07, 6.45) is 5.28. The van der Waals surface area contributed by atoms with Crippen LogP contribution in [0.3, 0.4) is 0 Å². The van der Waals surface area contributed by atoms with Gasteiger partial charge >= 0.3 is 0 Å². The first-order valence-corrected chi connectivity index (χ1v) is 6.63. The summed E-state index contributed by atoms with van der Waals surface area (Å²) in [5.74, 6) is -1.03. The molecule has 0 unspecified atom stereocenters. The fourth-order valence-corrected chi connectivity index (χ4v) is 2.68. The predicted molar refractivity (Wildman–Crippen MR) is 76.6 cm³/mol. The third kappa shape index (κ3) is 1.93. The van der Waals surface area contributed by atoms with Crippen LogP contribution in [0.25, 0.3) is 0 Å². The van der Waals surface area contributed by atoms with Crippen LogP contribution in [-0.4, -0.2) is 40.1 Å². The summed E-state index contributed by atoms with van der Waals surface area (Å²) in [6, 6.07) is 1.18. The Morgan fingerprint density at radius 1 is 1.33 bits per heavy atom. The smallest absolute Gasteiger partial charge is 0.274 e. The normalized spacial score (nSPS) is 19.2. The fourth-order valence-electron chi connectivity index (χ4n) is 2.68. The van der Waals surface area contributed by atoms with Gasteiger partial charge in [-0.1, -0.05) is 12.2 Å². The molecule has 1 aromatic heterocycles. The van der Waals surface area contributed by atoms with Crippen LogP contribution < -0.4 is 16.2 Å². The van der Waals surface area contributed by atoms with Crippen molar-refractivity contribution in [1.29, 1.82) is 0 Å². The van der Waals surface area contributed by atoms with Crippen molar-refractivity contribution < 1.29 is 9.59 Å². The molecule has 2 bridgehead atoms. The predicted octanol–water partition coefficient (Wildman–Crippen LogP) is -0.353. The first-order chi connectivity index (χ1) is 9.81. The second-order valence-electron chi connectivity index (χ2n) is 5.77. The van der Waals surface area contributed by atoms with E-state index in [2.05, 4.69) is 0 Å². The molecule has 3 rings (SSSR count). The number of pyridine rings is 1. The van der Waals surface area contributed by atoms with Gasteiger partial charge in [-0.2, -0.15) is 0 Å². The highest BCUT2D eigenvalue weighted by Gasteiger charge is 2.37. The van der Waals surface area contributed by atoms with E-state index in [1.54, 1.807) is 9.58 Å². The Balaban J connectivity index is 2.27. The van der Waals surface area contributed by atoms with Crippen LogP contribution in [0.2, 0.25) is 0 Å². The number of hydrogen-bond donors (Lipinski definition) is 1. The summed E-state index contributed by atoms with van der Waals surface area (Å²) in [6.45, 7) is 4.86. The van der Waals surface area contributed by atoms with Crippen molar-refractivity contribution >= 4 is 11.8 Å².